The van der Waals surface area contributed by atoms with E-state index in [-0.39, 0.29) is 17.3 Å². The highest BCUT2D eigenvalue weighted by Gasteiger charge is 2.26. The normalized spacial score (nSPS) is 14.2. The monoisotopic (exact) mass is 468 g/mol. The van der Waals surface area contributed by atoms with E-state index in [1.54, 1.807) is 78.9 Å². The Balaban J connectivity index is 1.72. The zero-order valence-electron chi connectivity index (χ0n) is 17.7. The van der Waals surface area contributed by atoms with Gasteiger partial charge in [0.1, 0.15) is 0 Å². The fourth-order valence-electron chi connectivity index (χ4n) is 3.86. The number of anilines is 1. The van der Waals surface area contributed by atoms with Gasteiger partial charge in [0.15, 0.2) is 0 Å². The molecule has 0 spiro atoms. The van der Waals surface area contributed by atoms with Gasteiger partial charge >= 0.3 is 0 Å². The molecule has 5 nitrogen and oxygen atoms in total. The van der Waals surface area contributed by atoms with Crippen molar-refractivity contribution >= 4 is 33.2 Å². The minimum Gasteiger partial charge on any atom is -0.339 e. The average molecular weight is 469 g/mol. The minimum atomic E-state index is -3.85. The molecule has 1 aliphatic heterocycles. The van der Waals surface area contributed by atoms with Gasteiger partial charge in [0.25, 0.3) is 15.9 Å². The van der Waals surface area contributed by atoms with E-state index in [2.05, 4.69) is 0 Å². The number of nitrogens with zero attached hydrogens (tertiary/aromatic N) is 2. The molecule has 1 heterocycles. The van der Waals surface area contributed by atoms with E-state index in [1.807, 2.05) is 4.90 Å². The Hall–Kier alpha value is -2.83. The second-order valence-electron chi connectivity index (χ2n) is 7.85. The van der Waals surface area contributed by atoms with Crippen LogP contribution >= 0.6 is 11.6 Å². The van der Waals surface area contributed by atoms with Crippen LogP contribution in [0.1, 0.15) is 35.2 Å². The Bertz CT molecular complexity index is 1180. The molecular formula is C25H25ClN2O3S. The fourth-order valence-corrected chi connectivity index (χ4v) is 5.46. The minimum absolute atomic E-state index is 0.0601. The van der Waals surface area contributed by atoms with Gasteiger partial charge in [-0.05, 0) is 67.3 Å². The van der Waals surface area contributed by atoms with Crippen LogP contribution in [0.2, 0.25) is 5.02 Å². The van der Waals surface area contributed by atoms with Gasteiger partial charge in [-0.25, -0.2) is 8.42 Å². The number of piperidine rings is 1. The number of carbonyl (C=O) groups excluding carboxylic acids is 1. The van der Waals surface area contributed by atoms with Crippen molar-refractivity contribution < 1.29 is 13.2 Å². The molecule has 0 radical (unpaired) electrons. The molecule has 1 amide bonds. The van der Waals surface area contributed by atoms with E-state index in [1.165, 1.54) is 4.31 Å². The van der Waals surface area contributed by atoms with E-state index < -0.39 is 10.0 Å². The zero-order chi connectivity index (χ0) is 22.6. The van der Waals surface area contributed by atoms with Crippen LogP contribution in [0.25, 0.3) is 0 Å². The molecule has 0 bridgehead atoms. The van der Waals surface area contributed by atoms with Gasteiger partial charge < -0.3 is 4.90 Å². The smallest absolute Gasteiger partial charge is 0.264 e. The van der Waals surface area contributed by atoms with Crippen LogP contribution in [-0.2, 0) is 16.6 Å². The molecule has 1 aliphatic rings. The van der Waals surface area contributed by atoms with Gasteiger partial charge in [-0.1, -0.05) is 48.0 Å². The van der Waals surface area contributed by atoms with Gasteiger partial charge in [0, 0.05) is 23.7 Å². The van der Waals surface area contributed by atoms with Crippen LogP contribution in [0.4, 0.5) is 5.69 Å². The van der Waals surface area contributed by atoms with Crippen molar-refractivity contribution in [2.75, 3.05) is 17.4 Å². The van der Waals surface area contributed by atoms with E-state index in [0.29, 0.717) is 16.3 Å². The summed E-state index contributed by atoms with van der Waals surface area (Å²) in [5.41, 5.74) is 1.74. The SMILES string of the molecule is O=C(c1cccc(N(Cc2ccc(Cl)cc2)S(=O)(=O)c2ccccc2)c1)N1CCCCC1. The maximum atomic E-state index is 13.6. The second kappa shape index (κ2) is 9.76. The van der Waals surface area contributed by atoms with E-state index in [0.717, 1.165) is 37.9 Å². The van der Waals surface area contributed by atoms with Crippen molar-refractivity contribution in [3.05, 3.63) is 95.0 Å². The third-order valence-corrected chi connectivity index (χ3v) is 7.64. The maximum Gasteiger partial charge on any atom is 0.264 e. The molecule has 0 aromatic heterocycles. The maximum absolute atomic E-state index is 13.6. The topological polar surface area (TPSA) is 57.7 Å². The predicted octanol–water partition coefficient (Wildman–Crippen LogP) is 5.36. The number of sulfonamides is 1. The quantitative estimate of drug-likeness (QED) is 0.489. The molecule has 0 saturated carbocycles. The number of carbonyl (C=O) groups is 1. The molecule has 1 fully saturated rings. The number of hydrogen-bond acceptors (Lipinski definition) is 3. The first-order chi connectivity index (χ1) is 15.4. The molecule has 32 heavy (non-hydrogen) atoms. The van der Waals surface area contributed by atoms with E-state index in [9.17, 15) is 13.2 Å². The van der Waals surface area contributed by atoms with Gasteiger partial charge in [-0.15, -0.1) is 0 Å². The highest BCUT2D eigenvalue weighted by atomic mass is 35.5. The Morgan fingerprint density at radius 3 is 2.25 bits per heavy atom. The highest BCUT2D eigenvalue weighted by molar-refractivity contribution is 7.92. The zero-order valence-corrected chi connectivity index (χ0v) is 19.2. The summed E-state index contributed by atoms with van der Waals surface area (Å²) in [6.07, 6.45) is 3.13. The molecule has 0 unspecified atom stereocenters. The summed E-state index contributed by atoms with van der Waals surface area (Å²) in [5, 5.41) is 0.584. The van der Waals surface area contributed by atoms with Crippen molar-refractivity contribution in [1.82, 2.24) is 4.90 Å². The average Bonchev–Trinajstić information content (AvgIpc) is 2.84. The fraction of sp³-hybridized carbons (Fsp3) is 0.240. The molecule has 4 rings (SSSR count). The predicted molar refractivity (Wildman–Crippen MR) is 127 cm³/mol. The summed E-state index contributed by atoms with van der Waals surface area (Å²) < 4.78 is 28.5. The number of hydrogen-bond donors (Lipinski definition) is 0. The van der Waals surface area contributed by atoms with Gasteiger partial charge in [-0.2, -0.15) is 0 Å². The Kier molecular flexibility index (Phi) is 6.82. The molecule has 0 atom stereocenters. The molecule has 3 aromatic carbocycles. The van der Waals surface area contributed by atoms with Crippen LogP contribution < -0.4 is 4.31 Å². The Morgan fingerprint density at radius 2 is 1.56 bits per heavy atom. The van der Waals surface area contributed by atoms with Crippen molar-refractivity contribution in [1.29, 1.82) is 0 Å². The lowest BCUT2D eigenvalue weighted by atomic mass is 10.1. The van der Waals surface area contributed by atoms with Crippen molar-refractivity contribution in [2.24, 2.45) is 0 Å². The molecule has 0 N–H and O–H groups in total. The van der Waals surface area contributed by atoms with Crippen LogP contribution in [-0.4, -0.2) is 32.3 Å². The lowest BCUT2D eigenvalue weighted by Crippen LogP contribution is -2.36. The van der Waals surface area contributed by atoms with E-state index >= 15 is 0 Å². The van der Waals surface area contributed by atoms with Gasteiger partial charge in [0.05, 0.1) is 17.1 Å². The van der Waals surface area contributed by atoms with Crippen LogP contribution in [0.15, 0.2) is 83.8 Å². The van der Waals surface area contributed by atoms with Gasteiger partial charge in [-0.3, -0.25) is 9.10 Å². The molecule has 1 saturated heterocycles. The first kappa shape index (κ1) is 22.4. The molecule has 7 heteroatoms. The second-order valence-corrected chi connectivity index (χ2v) is 10.2. The first-order valence-corrected chi connectivity index (χ1v) is 12.5. The number of benzene rings is 3. The Morgan fingerprint density at radius 1 is 0.875 bits per heavy atom. The first-order valence-electron chi connectivity index (χ1n) is 10.7. The van der Waals surface area contributed by atoms with Crippen molar-refractivity contribution in [3.63, 3.8) is 0 Å². The lowest BCUT2D eigenvalue weighted by Gasteiger charge is -2.28. The summed E-state index contributed by atoms with van der Waals surface area (Å²) in [5.74, 6) is -0.0601. The van der Waals surface area contributed by atoms with Crippen LogP contribution in [0, 0.1) is 0 Å². The summed E-state index contributed by atoms with van der Waals surface area (Å²) in [6, 6.07) is 22.3. The van der Waals surface area contributed by atoms with Crippen molar-refractivity contribution in [3.8, 4) is 0 Å². The van der Waals surface area contributed by atoms with Gasteiger partial charge in [0.2, 0.25) is 0 Å². The Labute approximate surface area is 194 Å². The largest absolute Gasteiger partial charge is 0.339 e. The van der Waals surface area contributed by atoms with Crippen LogP contribution in [0.3, 0.4) is 0 Å². The molecular weight excluding hydrogens is 444 g/mol. The summed E-state index contributed by atoms with van der Waals surface area (Å²) in [7, 11) is -3.85. The third kappa shape index (κ3) is 4.97. The summed E-state index contributed by atoms with van der Waals surface area (Å²) in [6.45, 7) is 1.59. The standard InChI is InChI=1S/C25H25ClN2O3S/c26-22-14-12-20(13-15-22)19-28(32(30,31)24-10-3-1-4-11-24)23-9-7-8-21(18-23)25(29)27-16-5-2-6-17-27/h1,3-4,7-15,18H,2,5-6,16-17,19H2. The number of likely N-dealkylation sites (tertiary alicyclic amines) is 1. The number of halogens is 1. The lowest BCUT2D eigenvalue weighted by molar-refractivity contribution is 0.0724. The molecule has 3 aromatic rings. The number of amides is 1. The molecule has 166 valence electrons. The summed E-state index contributed by atoms with van der Waals surface area (Å²) in [4.78, 5) is 15.1. The number of rotatable bonds is 6. The third-order valence-electron chi connectivity index (χ3n) is 5.60. The van der Waals surface area contributed by atoms with Crippen LogP contribution in [0.5, 0.6) is 0 Å². The van der Waals surface area contributed by atoms with Crippen molar-refractivity contribution in [2.45, 2.75) is 30.7 Å². The van der Waals surface area contributed by atoms with E-state index in [4.69, 9.17) is 11.6 Å². The molecule has 0 aliphatic carbocycles. The highest BCUT2D eigenvalue weighted by Crippen LogP contribution is 2.28. The summed E-state index contributed by atoms with van der Waals surface area (Å²) >= 11 is 6.01.